The molecule has 4 aromatic rings. The van der Waals surface area contributed by atoms with E-state index in [2.05, 4.69) is 0 Å². The summed E-state index contributed by atoms with van der Waals surface area (Å²) in [5.74, 6) is 0.528. The molecule has 0 amide bonds. The maximum atomic E-state index is 13.7. The molecule has 12 heteroatoms. The summed E-state index contributed by atoms with van der Waals surface area (Å²) in [6.45, 7) is 2.66. The van der Waals surface area contributed by atoms with E-state index in [1.165, 1.54) is 4.31 Å². The first kappa shape index (κ1) is 29.6. The average Bonchev–Trinajstić information content (AvgIpc) is 3.28. The van der Waals surface area contributed by atoms with Gasteiger partial charge in [0.2, 0.25) is 0 Å². The van der Waals surface area contributed by atoms with Gasteiger partial charge < -0.3 is 24.7 Å². The monoisotopic (exact) mass is 578 g/mol. The minimum Gasteiger partial charge on any atom is -0.486 e. The van der Waals surface area contributed by atoms with Crippen molar-refractivity contribution in [2.45, 2.75) is 25.0 Å². The molecule has 41 heavy (non-hydrogen) atoms. The van der Waals surface area contributed by atoms with Gasteiger partial charge in [-0.25, -0.2) is 13.4 Å². The maximum Gasteiger partial charge on any atom is 0.326 e. The first-order chi connectivity index (χ1) is 19.6. The van der Waals surface area contributed by atoms with Crippen LogP contribution in [0.3, 0.4) is 0 Å². The van der Waals surface area contributed by atoms with Crippen molar-refractivity contribution in [2.75, 3.05) is 38.1 Å². The lowest BCUT2D eigenvalue weighted by molar-refractivity contribution is -0.143. The number of carbonyl (C=O) groups excluding carboxylic acids is 1. The SMILES string of the molecule is CCOC(=O)Cn1c(COc2ccc(C(=N)N)cc2)nc2cc(N(CCN(C)C)S(=O)(=O)c3ccccc3)ccc21. The van der Waals surface area contributed by atoms with Crippen LogP contribution in [0.25, 0.3) is 11.0 Å². The van der Waals surface area contributed by atoms with Crippen molar-refractivity contribution in [2.24, 2.45) is 5.73 Å². The minimum absolute atomic E-state index is 0.0372. The van der Waals surface area contributed by atoms with Gasteiger partial charge in [0, 0.05) is 18.7 Å². The maximum absolute atomic E-state index is 13.7. The van der Waals surface area contributed by atoms with Gasteiger partial charge in [0.05, 0.1) is 28.2 Å². The second-order valence-corrected chi connectivity index (χ2v) is 11.4. The van der Waals surface area contributed by atoms with Gasteiger partial charge in [0.15, 0.2) is 0 Å². The van der Waals surface area contributed by atoms with Gasteiger partial charge in [0.1, 0.15) is 30.6 Å². The Hall–Kier alpha value is -4.42. The molecule has 0 aliphatic heterocycles. The molecule has 1 aromatic heterocycles. The normalized spacial score (nSPS) is 11.5. The predicted octanol–water partition coefficient (Wildman–Crippen LogP) is 3.22. The summed E-state index contributed by atoms with van der Waals surface area (Å²) in [5.41, 5.74) is 7.71. The number of likely N-dealkylation sites (N-methyl/N-ethyl adjacent to an activating group) is 1. The molecule has 0 atom stereocenters. The van der Waals surface area contributed by atoms with Crippen LogP contribution in [0.5, 0.6) is 5.75 Å². The van der Waals surface area contributed by atoms with Crippen LogP contribution in [-0.4, -0.2) is 68.5 Å². The molecule has 4 rings (SSSR count). The highest BCUT2D eigenvalue weighted by Gasteiger charge is 2.26. The number of hydrogen-bond acceptors (Lipinski definition) is 8. The Morgan fingerprint density at radius 1 is 1.02 bits per heavy atom. The number of imidazole rings is 1. The summed E-state index contributed by atoms with van der Waals surface area (Å²) in [5, 5.41) is 7.55. The topological polar surface area (TPSA) is 144 Å². The molecular weight excluding hydrogens is 544 g/mol. The lowest BCUT2D eigenvalue weighted by Crippen LogP contribution is -2.36. The molecule has 3 aromatic carbocycles. The van der Waals surface area contributed by atoms with Crippen LogP contribution in [0, 0.1) is 5.41 Å². The van der Waals surface area contributed by atoms with Crippen molar-refractivity contribution < 1.29 is 22.7 Å². The lowest BCUT2D eigenvalue weighted by Gasteiger charge is -2.26. The highest BCUT2D eigenvalue weighted by molar-refractivity contribution is 7.92. The molecule has 0 fully saturated rings. The van der Waals surface area contributed by atoms with E-state index in [9.17, 15) is 13.2 Å². The number of rotatable bonds is 13. The fourth-order valence-corrected chi connectivity index (χ4v) is 5.69. The number of fused-ring (bicyclic) bond motifs is 1. The lowest BCUT2D eigenvalue weighted by atomic mass is 10.2. The number of ether oxygens (including phenoxy) is 2. The molecule has 0 saturated carbocycles. The van der Waals surface area contributed by atoms with Crippen molar-refractivity contribution in [3.8, 4) is 5.75 Å². The summed E-state index contributed by atoms with van der Waals surface area (Å²) in [4.78, 5) is 19.3. The van der Waals surface area contributed by atoms with E-state index in [1.807, 2.05) is 19.0 Å². The first-order valence-corrected chi connectivity index (χ1v) is 14.5. The average molecular weight is 579 g/mol. The first-order valence-electron chi connectivity index (χ1n) is 13.0. The molecule has 0 aliphatic carbocycles. The Labute approximate surface area is 239 Å². The van der Waals surface area contributed by atoms with E-state index in [0.717, 1.165) is 0 Å². The minimum atomic E-state index is -3.85. The number of sulfonamides is 1. The fraction of sp³-hybridized carbons (Fsp3) is 0.276. The quantitative estimate of drug-likeness (QED) is 0.140. The number of benzene rings is 3. The standard InChI is InChI=1S/C29H34N6O5S/c1-4-39-28(36)19-34-26-15-12-22(35(17-16-33(2)3)41(37,38)24-8-6-5-7-9-24)18-25(26)32-27(34)20-40-23-13-10-21(11-14-23)29(30)31/h5-15,18H,4,16-17,19-20H2,1-3H3,(H3,30,31). The number of aromatic nitrogens is 2. The molecule has 3 N–H and O–H groups in total. The van der Waals surface area contributed by atoms with E-state index in [1.54, 1.807) is 84.3 Å². The third-order valence-corrected chi connectivity index (χ3v) is 8.15. The van der Waals surface area contributed by atoms with Gasteiger partial charge in [-0.1, -0.05) is 18.2 Å². The van der Waals surface area contributed by atoms with Crippen molar-refractivity contribution in [1.82, 2.24) is 14.5 Å². The Balaban J connectivity index is 1.72. The van der Waals surface area contributed by atoms with E-state index in [0.29, 0.717) is 40.4 Å². The van der Waals surface area contributed by atoms with E-state index in [4.69, 9.17) is 25.6 Å². The summed E-state index contributed by atoms with van der Waals surface area (Å²) < 4.78 is 41.5. The van der Waals surface area contributed by atoms with E-state index < -0.39 is 16.0 Å². The van der Waals surface area contributed by atoms with Crippen LogP contribution in [0.15, 0.2) is 77.7 Å². The van der Waals surface area contributed by atoms with Crippen LogP contribution in [0.2, 0.25) is 0 Å². The Morgan fingerprint density at radius 3 is 2.37 bits per heavy atom. The summed E-state index contributed by atoms with van der Waals surface area (Å²) >= 11 is 0. The van der Waals surface area contributed by atoms with Crippen LogP contribution in [0.1, 0.15) is 18.3 Å². The predicted molar refractivity (Wildman–Crippen MR) is 158 cm³/mol. The van der Waals surface area contributed by atoms with Gasteiger partial charge >= 0.3 is 5.97 Å². The van der Waals surface area contributed by atoms with Crippen LogP contribution in [0.4, 0.5) is 5.69 Å². The zero-order chi connectivity index (χ0) is 29.6. The molecule has 0 unspecified atom stereocenters. The number of amidine groups is 1. The summed E-state index contributed by atoms with van der Waals surface area (Å²) in [7, 11) is -0.0899. The number of nitrogens with one attached hydrogen (secondary N) is 1. The number of hydrogen-bond donors (Lipinski definition) is 2. The number of carbonyl (C=O) groups is 1. The summed E-state index contributed by atoms with van der Waals surface area (Å²) in [6.07, 6.45) is 0. The van der Waals surface area contributed by atoms with Crippen LogP contribution >= 0.6 is 0 Å². The zero-order valence-electron chi connectivity index (χ0n) is 23.3. The molecule has 0 saturated heterocycles. The second-order valence-electron chi connectivity index (χ2n) is 9.51. The molecule has 0 spiro atoms. The molecule has 0 radical (unpaired) electrons. The van der Waals surface area contributed by atoms with E-state index >= 15 is 0 Å². The number of nitrogens with zero attached hydrogens (tertiary/aromatic N) is 4. The van der Waals surface area contributed by atoms with Gasteiger partial charge in [0.25, 0.3) is 10.0 Å². The molecule has 0 bridgehead atoms. The number of nitrogen functional groups attached to an aromatic ring is 1. The van der Waals surface area contributed by atoms with Crippen LogP contribution in [-0.2, 0) is 32.7 Å². The largest absolute Gasteiger partial charge is 0.486 e. The smallest absolute Gasteiger partial charge is 0.326 e. The Morgan fingerprint density at radius 2 is 1.73 bits per heavy atom. The molecule has 1 heterocycles. The second kappa shape index (κ2) is 12.8. The number of esters is 1. The van der Waals surface area contributed by atoms with Crippen molar-refractivity contribution >= 4 is 38.5 Å². The molecular formula is C29H34N6O5S. The van der Waals surface area contributed by atoms with Gasteiger partial charge in [-0.2, -0.15) is 0 Å². The van der Waals surface area contributed by atoms with Crippen molar-refractivity contribution in [3.05, 3.63) is 84.2 Å². The molecule has 0 aliphatic rings. The van der Waals surface area contributed by atoms with Crippen LogP contribution < -0.4 is 14.8 Å². The highest BCUT2D eigenvalue weighted by Crippen LogP contribution is 2.28. The zero-order valence-corrected chi connectivity index (χ0v) is 24.1. The van der Waals surface area contributed by atoms with Crippen molar-refractivity contribution in [1.29, 1.82) is 5.41 Å². The van der Waals surface area contributed by atoms with Gasteiger partial charge in [-0.15, -0.1) is 0 Å². The van der Waals surface area contributed by atoms with Crippen molar-refractivity contribution in [3.63, 3.8) is 0 Å². The molecule has 216 valence electrons. The van der Waals surface area contributed by atoms with Gasteiger partial charge in [-0.3, -0.25) is 14.5 Å². The fourth-order valence-electron chi connectivity index (χ4n) is 4.22. The van der Waals surface area contributed by atoms with E-state index in [-0.39, 0.29) is 37.0 Å². The molecule has 11 nitrogen and oxygen atoms in total. The Bertz CT molecular complexity index is 1620. The van der Waals surface area contributed by atoms with Gasteiger partial charge in [-0.05, 0) is 75.6 Å². The Kier molecular flexibility index (Phi) is 9.25. The summed E-state index contributed by atoms with van der Waals surface area (Å²) in [6, 6.07) is 20.2. The highest BCUT2D eigenvalue weighted by atomic mass is 32.2. The third kappa shape index (κ3) is 7.02. The third-order valence-electron chi connectivity index (χ3n) is 6.31. The number of anilines is 1. The number of nitrogens with two attached hydrogens (primary N) is 1.